The second-order valence-electron chi connectivity index (χ2n) is 8.17. The molecule has 0 unspecified atom stereocenters. The highest BCUT2D eigenvalue weighted by atomic mass is 16.4. The topological polar surface area (TPSA) is 98.7 Å². The minimum absolute atomic E-state index is 0.0613. The van der Waals surface area contributed by atoms with Gasteiger partial charge < -0.3 is 20.8 Å². The van der Waals surface area contributed by atoms with E-state index in [0.717, 1.165) is 11.1 Å². The Morgan fingerprint density at radius 1 is 0.875 bits per heavy atom. The molecule has 0 spiro atoms. The third-order valence-electron chi connectivity index (χ3n) is 5.01. The van der Waals surface area contributed by atoms with Gasteiger partial charge in [0.05, 0.1) is 22.5 Å². The SMILES string of the molecule is C=C(/C=C\C(=C)C(C)C)Nc1cc(C(=O)O)c(Nc2ccc(C(C)C)cc2)cc1C(=O)O. The molecule has 32 heavy (non-hydrogen) atoms. The lowest BCUT2D eigenvalue weighted by Gasteiger charge is -2.16. The van der Waals surface area contributed by atoms with Crippen molar-refractivity contribution in [1.82, 2.24) is 0 Å². The molecule has 0 aliphatic heterocycles. The molecule has 2 rings (SSSR count). The van der Waals surface area contributed by atoms with Crippen molar-refractivity contribution in [2.45, 2.75) is 33.6 Å². The van der Waals surface area contributed by atoms with Crippen LogP contribution in [0.4, 0.5) is 17.1 Å². The highest BCUT2D eigenvalue weighted by molar-refractivity contribution is 6.03. The fourth-order valence-electron chi connectivity index (χ4n) is 2.88. The molecule has 4 N–H and O–H groups in total. The van der Waals surface area contributed by atoms with Gasteiger partial charge in [-0.1, -0.05) is 64.6 Å². The van der Waals surface area contributed by atoms with Crippen LogP contribution in [0.3, 0.4) is 0 Å². The number of hydrogen-bond acceptors (Lipinski definition) is 4. The normalized spacial score (nSPS) is 11.1. The summed E-state index contributed by atoms with van der Waals surface area (Å²) in [6.45, 7) is 16.0. The second-order valence-corrected chi connectivity index (χ2v) is 8.17. The second kappa shape index (κ2) is 10.5. The van der Waals surface area contributed by atoms with Gasteiger partial charge in [-0.15, -0.1) is 0 Å². The number of rotatable bonds is 10. The maximum atomic E-state index is 11.9. The van der Waals surface area contributed by atoms with Gasteiger partial charge in [0.25, 0.3) is 0 Å². The molecule has 0 heterocycles. The summed E-state index contributed by atoms with van der Waals surface area (Å²) in [7, 11) is 0. The zero-order valence-corrected chi connectivity index (χ0v) is 18.9. The van der Waals surface area contributed by atoms with Crippen molar-refractivity contribution in [3.05, 3.63) is 89.7 Å². The van der Waals surface area contributed by atoms with E-state index in [1.807, 2.05) is 38.1 Å². The molecule has 168 valence electrons. The number of anilines is 3. The van der Waals surface area contributed by atoms with Crippen molar-refractivity contribution in [1.29, 1.82) is 0 Å². The molecular weight excluding hydrogens is 404 g/mol. The lowest BCUT2D eigenvalue weighted by Crippen LogP contribution is -2.10. The van der Waals surface area contributed by atoms with Crippen molar-refractivity contribution in [2.24, 2.45) is 5.92 Å². The minimum atomic E-state index is -1.19. The monoisotopic (exact) mass is 434 g/mol. The Labute approximate surface area is 189 Å². The van der Waals surface area contributed by atoms with Crippen LogP contribution in [0.5, 0.6) is 0 Å². The molecule has 0 saturated heterocycles. The molecule has 0 atom stereocenters. The van der Waals surface area contributed by atoms with Gasteiger partial charge in [0, 0.05) is 11.4 Å². The first kappa shape index (κ1) is 24.5. The average Bonchev–Trinajstić information content (AvgIpc) is 2.72. The first-order valence-corrected chi connectivity index (χ1v) is 10.3. The number of carbonyl (C=O) groups is 2. The van der Waals surface area contributed by atoms with Gasteiger partial charge in [0.2, 0.25) is 0 Å². The van der Waals surface area contributed by atoms with Gasteiger partial charge in [-0.05, 0) is 47.7 Å². The summed E-state index contributed by atoms with van der Waals surface area (Å²) in [4.78, 5) is 23.8. The number of allylic oxidation sites excluding steroid dienone is 3. The molecule has 0 fully saturated rings. The van der Waals surface area contributed by atoms with Gasteiger partial charge >= 0.3 is 11.9 Å². The molecule has 0 amide bonds. The Morgan fingerprint density at radius 2 is 1.41 bits per heavy atom. The maximum absolute atomic E-state index is 11.9. The minimum Gasteiger partial charge on any atom is -0.478 e. The smallest absolute Gasteiger partial charge is 0.337 e. The fraction of sp³-hybridized carbons (Fsp3) is 0.231. The molecule has 0 aromatic heterocycles. The van der Waals surface area contributed by atoms with Crippen molar-refractivity contribution in [3.63, 3.8) is 0 Å². The van der Waals surface area contributed by atoms with E-state index >= 15 is 0 Å². The average molecular weight is 435 g/mol. The van der Waals surface area contributed by atoms with Crippen LogP contribution >= 0.6 is 0 Å². The van der Waals surface area contributed by atoms with Crippen LogP contribution in [0.25, 0.3) is 0 Å². The predicted octanol–water partition coefficient (Wildman–Crippen LogP) is 6.64. The predicted molar refractivity (Wildman–Crippen MR) is 130 cm³/mol. The largest absolute Gasteiger partial charge is 0.478 e. The van der Waals surface area contributed by atoms with Gasteiger partial charge in [0.1, 0.15) is 0 Å². The molecular formula is C26H30N2O4. The van der Waals surface area contributed by atoms with Crippen LogP contribution in [0, 0.1) is 5.92 Å². The molecule has 6 heteroatoms. The molecule has 0 radical (unpaired) electrons. The summed E-state index contributed by atoms with van der Waals surface area (Å²) >= 11 is 0. The van der Waals surface area contributed by atoms with E-state index < -0.39 is 11.9 Å². The van der Waals surface area contributed by atoms with Gasteiger partial charge in [-0.3, -0.25) is 0 Å². The summed E-state index contributed by atoms with van der Waals surface area (Å²) in [5.41, 5.74) is 3.30. The molecule has 2 aromatic rings. The van der Waals surface area contributed by atoms with Crippen LogP contribution in [0.2, 0.25) is 0 Å². The Kier molecular flexibility index (Phi) is 8.02. The third-order valence-corrected chi connectivity index (χ3v) is 5.01. The van der Waals surface area contributed by atoms with Crippen molar-refractivity contribution >= 4 is 29.0 Å². The van der Waals surface area contributed by atoms with Crippen molar-refractivity contribution < 1.29 is 19.8 Å². The summed E-state index contributed by atoms with van der Waals surface area (Å²) < 4.78 is 0. The number of carboxylic acids is 2. The quantitative estimate of drug-likeness (QED) is 0.313. The van der Waals surface area contributed by atoms with E-state index in [1.54, 1.807) is 12.2 Å². The molecule has 0 aliphatic rings. The molecule has 0 saturated carbocycles. The van der Waals surface area contributed by atoms with Crippen LogP contribution in [-0.4, -0.2) is 22.2 Å². The first-order chi connectivity index (χ1) is 15.0. The first-order valence-electron chi connectivity index (χ1n) is 10.3. The summed E-state index contributed by atoms with van der Waals surface area (Å²) in [5.74, 6) is -1.75. The maximum Gasteiger partial charge on any atom is 0.337 e. The summed E-state index contributed by atoms with van der Waals surface area (Å²) in [5, 5.41) is 25.4. The van der Waals surface area contributed by atoms with E-state index in [1.165, 1.54) is 12.1 Å². The van der Waals surface area contributed by atoms with Crippen molar-refractivity contribution in [2.75, 3.05) is 10.6 Å². The van der Waals surface area contributed by atoms with Gasteiger partial charge in [-0.25, -0.2) is 9.59 Å². The van der Waals surface area contributed by atoms with Crippen LogP contribution < -0.4 is 10.6 Å². The summed E-state index contributed by atoms with van der Waals surface area (Å²) in [6, 6.07) is 10.2. The molecule has 6 nitrogen and oxygen atoms in total. The number of carboxylic acid groups (broad SMARTS) is 2. The Morgan fingerprint density at radius 3 is 1.91 bits per heavy atom. The van der Waals surface area contributed by atoms with Crippen LogP contribution in [0.15, 0.2) is 73.0 Å². The Bertz CT molecular complexity index is 1060. The number of hydrogen-bond donors (Lipinski definition) is 4. The van der Waals surface area contributed by atoms with Gasteiger partial charge in [0.15, 0.2) is 0 Å². The standard InChI is InChI=1S/C26H30N2O4/c1-15(2)17(5)7-8-18(6)27-23-13-22(26(31)32)24(14-21(23)25(29)30)28-20-11-9-19(10-12-20)16(3)4/h7-16,27-28H,5-6H2,1-4H3,(H,29,30)(H,31,32)/b8-7-. The zero-order valence-electron chi connectivity index (χ0n) is 18.9. The zero-order chi connectivity index (χ0) is 24.0. The Balaban J connectivity index is 2.40. The summed E-state index contributed by atoms with van der Waals surface area (Å²) in [6.07, 6.45) is 3.46. The van der Waals surface area contributed by atoms with Gasteiger partial charge in [-0.2, -0.15) is 0 Å². The number of nitrogens with one attached hydrogen (secondary N) is 2. The lowest BCUT2D eigenvalue weighted by atomic mass is 10.0. The van der Waals surface area contributed by atoms with Crippen LogP contribution in [-0.2, 0) is 0 Å². The third kappa shape index (κ3) is 6.35. The van der Waals surface area contributed by atoms with E-state index in [0.29, 0.717) is 17.3 Å². The Hall–Kier alpha value is -3.80. The molecule has 0 aliphatic carbocycles. The van der Waals surface area contributed by atoms with Crippen LogP contribution in [0.1, 0.15) is 59.9 Å². The van der Waals surface area contributed by atoms with E-state index in [2.05, 4.69) is 37.6 Å². The van der Waals surface area contributed by atoms with E-state index in [4.69, 9.17) is 0 Å². The lowest BCUT2D eigenvalue weighted by molar-refractivity contribution is 0.0683. The highest BCUT2D eigenvalue weighted by Gasteiger charge is 2.19. The highest BCUT2D eigenvalue weighted by Crippen LogP contribution is 2.30. The number of aromatic carboxylic acids is 2. The molecule has 0 bridgehead atoms. The van der Waals surface area contributed by atoms with Crippen molar-refractivity contribution in [3.8, 4) is 0 Å². The molecule has 2 aromatic carbocycles. The number of benzene rings is 2. The fourth-order valence-corrected chi connectivity index (χ4v) is 2.88. The van der Waals surface area contributed by atoms with E-state index in [9.17, 15) is 19.8 Å². The van der Waals surface area contributed by atoms with E-state index in [-0.39, 0.29) is 28.4 Å².